The van der Waals surface area contributed by atoms with Crippen molar-refractivity contribution in [1.82, 2.24) is 0 Å². The Morgan fingerprint density at radius 2 is 1.90 bits per heavy atom. The highest BCUT2D eigenvalue weighted by molar-refractivity contribution is 7.83. The Bertz CT molecular complexity index is 130. The summed E-state index contributed by atoms with van der Waals surface area (Å²) >= 11 is 4.17. The van der Waals surface area contributed by atoms with Crippen LogP contribution < -0.4 is 0 Å². The molecule has 0 N–H and O–H groups in total. The Balaban J connectivity index is 3.85. The lowest BCUT2D eigenvalue weighted by molar-refractivity contribution is -0.140. The average Bonchev–Trinajstić information content (AvgIpc) is 1.60. The molecule has 0 aliphatic rings. The Hall–Kier alpha value is 0.0369. The molecule has 0 saturated carbocycles. The molecule has 1 unspecified atom stereocenters. The molecule has 2 nitrogen and oxygen atoms in total. The highest BCUT2D eigenvalue weighted by Crippen LogP contribution is 2.14. The molecule has 0 radical (unpaired) electrons. The number of carbonyl (C=O) groups excluding carboxylic acids is 1. The summed E-state index contributed by atoms with van der Waals surface area (Å²) in [4.78, 5) is 10.5. The zero-order valence-corrected chi connectivity index (χ0v) is 8.74. The van der Waals surface area contributed by atoms with Gasteiger partial charge in [0, 0.05) is 6.92 Å². The normalized spacial score (nSPS) is 14.5. The van der Waals surface area contributed by atoms with Crippen LogP contribution in [0, 0.1) is 0 Å². The van der Waals surface area contributed by atoms with Crippen molar-refractivity contribution in [1.29, 1.82) is 0 Å². The Labute approximate surface area is 68.4 Å². The summed E-state index contributed by atoms with van der Waals surface area (Å²) in [6.07, 6.45) is 0. The van der Waals surface area contributed by atoms with Crippen molar-refractivity contribution >= 4 is 26.7 Å². The molecule has 0 heterocycles. The van der Waals surface area contributed by atoms with Gasteiger partial charge in [-0.2, -0.15) is 0 Å². The summed E-state index contributed by atoms with van der Waals surface area (Å²) in [5, 5.41) is -0.176. The molecule has 10 heavy (non-hydrogen) atoms. The van der Waals surface area contributed by atoms with Gasteiger partial charge in [0.2, 0.25) is 0 Å². The molecule has 0 fully saturated rings. The van der Waals surface area contributed by atoms with Crippen LogP contribution in [0.1, 0.15) is 6.92 Å². The molecule has 0 saturated heterocycles. The standard InChI is InChI=1S/C6H14O2SSi/c1-5(7)8-6(9)10(2,3)4/h6,9H,1-4H3. The second kappa shape index (κ2) is 3.43. The quantitative estimate of drug-likeness (QED) is 0.301. The van der Waals surface area contributed by atoms with E-state index >= 15 is 0 Å². The molecular weight excluding hydrogens is 164 g/mol. The summed E-state index contributed by atoms with van der Waals surface area (Å²) in [5.74, 6) is -0.248. The first-order valence-electron chi connectivity index (χ1n) is 3.19. The number of esters is 1. The van der Waals surface area contributed by atoms with Crippen molar-refractivity contribution in [2.75, 3.05) is 0 Å². The van der Waals surface area contributed by atoms with Crippen LogP contribution in [0.5, 0.6) is 0 Å². The second-order valence-corrected chi connectivity index (χ2v) is 9.54. The van der Waals surface area contributed by atoms with Crippen LogP contribution in [0.15, 0.2) is 0 Å². The van der Waals surface area contributed by atoms with Gasteiger partial charge in [-0.25, -0.2) is 0 Å². The summed E-state index contributed by atoms with van der Waals surface area (Å²) in [6.45, 7) is 7.72. The zero-order valence-electron chi connectivity index (χ0n) is 6.84. The second-order valence-electron chi connectivity index (χ2n) is 3.33. The van der Waals surface area contributed by atoms with Gasteiger partial charge in [0.15, 0.2) is 0 Å². The van der Waals surface area contributed by atoms with Crippen molar-refractivity contribution in [3.05, 3.63) is 0 Å². The van der Waals surface area contributed by atoms with E-state index in [1.165, 1.54) is 6.92 Å². The average molecular weight is 178 g/mol. The Morgan fingerprint density at radius 3 is 2.00 bits per heavy atom. The minimum absolute atomic E-state index is 0.176. The Kier molecular flexibility index (Phi) is 3.45. The molecule has 0 aliphatic heterocycles. The van der Waals surface area contributed by atoms with Gasteiger partial charge in [0.1, 0.15) is 13.1 Å². The van der Waals surface area contributed by atoms with Gasteiger partial charge in [-0.3, -0.25) is 4.79 Å². The number of carbonyl (C=O) groups is 1. The predicted molar refractivity (Wildman–Crippen MR) is 47.9 cm³/mol. The van der Waals surface area contributed by atoms with Crippen LogP contribution >= 0.6 is 12.6 Å². The number of ether oxygens (including phenoxy) is 1. The lowest BCUT2D eigenvalue weighted by Crippen LogP contribution is -2.37. The fourth-order valence-corrected chi connectivity index (χ4v) is 1.00. The molecule has 4 heteroatoms. The maximum absolute atomic E-state index is 10.5. The van der Waals surface area contributed by atoms with Crippen molar-refractivity contribution in [2.45, 2.75) is 31.6 Å². The molecule has 0 aromatic rings. The van der Waals surface area contributed by atoms with Gasteiger partial charge in [0.05, 0.1) is 0 Å². The van der Waals surface area contributed by atoms with E-state index in [0.29, 0.717) is 0 Å². The van der Waals surface area contributed by atoms with Crippen molar-refractivity contribution in [3.8, 4) is 0 Å². The smallest absolute Gasteiger partial charge is 0.303 e. The molecule has 0 aromatic heterocycles. The van der Waals surface area contributed by atoms with Gasteiger partial charge >= 0.3 is 5.97 Å². The van der Waals surface area contributed by atoms with Crippen LogP contribution in [0.2, 0.25) is 19.6 Å². The number of rotatable bonds is 2. The fourth-order valence-electron chi connectivity index (χ4n) is 0.334. The van der Waals surface area contributed by atoms with Crippen LogP contribution in [0.4, 0.5) is 0 Å². The van der Waals surface area contributed by atoms with Crippen LogP contribution in [0.25, 0.3) is 0 Å². The van der Waals surface area contributed by atoms with E-state index in [2.05, 4.69) is 32.3 Å². The fraction of sp³-hybridized carbons (Fsp3) is 0.833. The summed E-state index contributed by atoms with van der Waals surface area (Å²) in [5.41, 5.74) is 0. The monoisotopic (exact) mass is 178 g/mol. The first-order chi connectivity index (χ1) is 4.34. The van der Waals surface area contributed by atoms with E-state index < -0.39 is 8.07 Å². The van der Waals surface area contributed by atoms with Gasteiger partial charge in [-0.15, -0.1) is 12.6 Å². The summed E-state index contributed by atoms with van der Waals surface area (Å²) < 4.78 is 4.90. The lowest BCUT2D eigenvalue weighted by atomic mass is 10.8. The molecule has 0 aliphatic carbocycles. The molecule has 60 valence electrons. The van der Waals surface area contributed by atoms with Crippen molar-refractivity contribution in [2.24, 2.45) is 0 Å². The largest absolute Gasteiger partial charge is 0.456 e. The first kappa shape index (κ1) is 10.0. The van der Waals surface area contributed by atoms with Gasteiger partial charge in [-0.05, 0) is 0 Å². The highest BCUT2D eigenvalue weighted by Gasteiger charge is 2.25. The van der Waals surface area contributed by atoms with Gasteiger partial charge < -0.3 is 4.74 Å². The van der Waals surface area contributed by atoms with E-state index in [4.69, 9.17) is 4.74 Å². The maximum Gasteiger partial charge on any atom is 0.303 e. The molecule has 0 spiro atoms. The number of hydrogen-bond acceptors (Lipinski definition) is 3. The zero-order chi connectivity index (χ0) is 8.36. The van der Waals surface area contributed by atoms with E-state index in [-0.39, 0.29) is 11.0 Å². The third-order valence-electron chi connectivity index (χ3n) is 1.02. The Morgan fingerprint density at radius 1 is 1.50 bits per heavy atom. The molecule has 0 rings (SSSR count). The van der Waals surface area contributed by atoms with Crippen molar-refractivity contribution < 1.29 is 9.53 Å². The SMILES string of the molecule is CC(=O)OC(S)[Si](C)(C)C. The van der Waals surface area contributed by atoms with Gasteiger partial charge in [0.25, 0.3) is 0 Å². The van der Waals surface area contributed by atoms with E-state index in [1.807, 2.05) is 0 Å². The maximum atomic E-state index is 10.5. The minimum Gasteiger partial charge on any atom is -0.456 e. The molecular formula is C6H14O2SSi. The predicted octanol–water partition coefficient (Wildman–Crippen LogP) is 1.68. The first-order valence-corrected chi connectivity index (χ1v) is 7.28. The lowest BCUT2D eigenvalue weighted by Gasteiger charge is -2.22. The number of hydrogen-bond donors (Lipinski definition) is 1. The van der Waals surface area contributed by atoms with E-state index in [9.17, 15) is 4.79 Å². The molecule has 0 aromatic carbocycles. The van der Waals surface area contributed by atoms with Crippen LogP contribution in [-0.4, -0.2) is 19.1 Å². The van der Waals surface area contributed by atoms with E-state index in [1.54, 1.807) is 0 Å². The number of thiol groups is 1. The van der Waals surface area contributed by atoms with Gasteiger partial charge in [-0.1, -0.05) is 19.6 Å². The third-order valence-corrected chi connectivity index (χ3v) is 5.05. The van der Waals surface area contributed by atoms with Crippen LogP contribution in [0.3, 0.4) is 0 Å². The third kappa shape index (κ3) is 3.95. The minimum atomic E-state index is -1.40. The molecule has 0 bridgehead atoms. The van der Waals surface area contributed by atoms with Crippen LogP contribution in [-0.2, 0) is 9.53 Å². The topological polar surface area (TPSA) is 26.3 Å². The van der Waals surface area contributed by atoms with E-state index in [0.717, 1.165) is 0 Å². The summed E-state index contributed by atoms with van der Waals surface area (Å²) in [6, 6.07) is 0. The molecule has 0 amide bonds. The molecule has 1 atom stereocenters. The highest BCUT2D eigenvalue weighted by atomic mass is 32.1. The van der Waals surface area contributed by atoms with Crippen molar-refractivity contribution in [3.63, 3.8) is 0 Å². The summed E-state index contributed by atoms with van der Waals surface area (Å²) in [7, 11) is -1.40.